The molecule has 100 valence electrons. The summed E-state index contributed by atoms with van der Waals surface area (Å²) in [5.74, 6) is -0.297. The minimum absolute atomic E-state index is 0. The highest BCUT2D eigenvalue weighted by atomic mass is 16.5. The molecule has 0 unspecified atom stereocenters. The van der Waals surface area contributed by atoms with Crippen LogP contribution in [0.2, 0.25) is 0 Å². The van der Waals surface area contributed by atoms with Crippen molar-refractivity contribution in [3.63, 3.8) is 0 Å². The number of hydrogen-bond donors (Lipinski definition) is 2. The van der Waals surface area contributed by atoms with Crippen LogP contribution in [0.1, 0.15) is 17.4 Å². The maximum atomic E-state index is 11.5. The Morgan fingerprint density at radius 1 is 1.32 bits per heavy atom. The molecule has 0 radical (unpaired) electrons. The number of anilines is 1. The van der Waals surface area contributed by atoms with E-state index < -0.39 is 5.97 Å². The summed E-state index contributed by atoms with van der Waals surface area (Å²) in [6, 6.07) is 3.45. The highest BCUT2D eigenvalue weighted by Crippen LogP contribution is 2.15. The topological polar surface area (TPSA) is 139 Å². The first-order valence-corrected chi connectivity index (χ1v) is 5.30. The molecule has 0 fully saturated rings. The first-order chi connectivity index (χ1) is 8.72. The average molecular weight is 262 g/mol. The highest BCUT2D eigenvalue weighted by Gasteiger charge is 2.16. The lowest BCUT2D eigenvalue weighted by Gasteiger charge is -2.04. The lowest BCUT2D eigenvalue weighted by molar-refractivity contribution is 0.0519. The van der Waals surface area contributed by atoms with Gasteiger partial charge in [0.05, 0.1) is 6.61 Å². The Morgan fingerprint density at radius 3 is 2.58 bits per heavy atom. The lowest BCUT2D eigenvalue weighted by atomic mass is 10.2. The van der Waals surface area contributed by atoms with Crippen LogP contribution < -0.4 is 11.9 Å². The van der Waals surface area contributed by atoms with Gasteiger partial charge in [-0.3, -0.25) is 4.98 Å². The van der Waals surface area contributed by atoms with E-state index in [1.54, 1.807) is 31.5 Å². The number of nitrogens with zero attached hydrogens (tertiary/aromatic N) is 4. The van der Waals surface area contributed by atoms with Gasteiger partial charge in [0.1, 0.15) is 0 Å². The van der Waals surface area contributed by atoms with Gasteiger partial charge in [0, 0.05) is 18.0 Å². The van der Waals surface area contributed by atoms with Crippen LogP contribution in [-0.4, -0.2) is 32.7 Å². The van der Waals surface area contributed by atoms with Gasteiger partial charge in [0.15, 0.2) is 11.6 Å². The molecule has 0 saturated heterocycles. The summed E-state index contributed by atoms with van der Waals surface area (Å²) in [5.41, 5.74) is 6.31. The predicted octanol–water partition coefficient (Wildman–Crippen LogP) is 0.854. The molecule has 2 heterocycles. The third-order valence-electron chi connectivity index (χ3n) is 2.12. The second-order valence-corrected chi connectivity index (χ2v) is 3.33. The number of aromatic nitrogens is 4. The van der Waals surface area contributed by atoms with Crippen LogP contribution in [0.3, 0.4) is 0 Å². The molecule has 0 amide bonds. The van der Waals surface area contributed by atoms with Crippen LogP contribution in [0, 0.1) is 0 Å². The Kier molecular flexibility index (Phi) is 4.84. The SMILES string of the molecule is CCOC(=O)c1nnc(-c2ccncc2)nc1N.N. The van der Waals surface area contributed by atoms with Gasteiger partial charge in [-0.25, -0.2) is 9.78 Å². The number of rotatable bonds is 3. The number of pyridine rings is 1. The van der Waals surface area contributed by atoms with Crippen LogP contribution in [0.5, 0.6) is 0 Å². The summed E-state index contributed by atoms with van der Waals surface area (Å²) in [6.45, 7) is 1.94. The van der Waals surface area contributed by atoms with Crippen molar-refractivity contribution in [3.8, 4) is 11.4 Å². The van der Waals surface area contributed by atoms with Crippen LogP contribution in [0.15, 0.2) is 24.5 Å². The second-order valence-electron chi connectivity index (χ2n) is 3.33. The first kappa shape index (κ1) is 14.5. The van der Waals surface area contributed by atoms with Crippen LogP contribution in [-0.2, 0) is 4.74 Å². The number of hydrogen-bond acceptors (Lipinski definition) is 8. The summed E-state index contributed by atoms with van der Waals surface area (Å²) in [7, 11) is 0. The summed E-state index contributed by atoms with van der Waals surface area (Å²) in [6.07, 6.45) is 3.21. The smallest absolute Gasteiger partial charge is 0.362 e. The molecular weight excluding hydrogens is 248 g/mol. The first-order valence-electron chi connectivity index (χ1n) is 5.30. The highest BCUT2D eigenvalue weighted by molar-refractivity contribution is 5.91. The van der Waals surface area contributed by atoms with Gasteiger partial charge in [-0.15, -0.1) is 10.2 Å². The van der Waals surface area contributed by atoms with Gasteiger partial charge >= 0.3 is 5.97 Å². The molecule has 0 atom stereocenters. The van der Waals surface area contributed by atoms with E-state index in [9.17, 15) is 4.79 Å². The third-order valence-corrected chi connectivity index (χ3v) is 2.12. The van der Waals surface area contributed by atoms with E-state index in [-0.39, 0.29) is 24.3 Å². The van der Waals surface area contributed by atoms with Gasteiger partial charge < -0.3 is 16.6 Å². The number of ether oxygens (including phenoxy) is 1. The predicted molar refractivity (Wildman–Crippen MR) is 68.4 cm³/mol. The molecule has 8 nitrogen and oxygen atoms in total. The summed E-state index contributed by atoms with van der Waals surface area (Å²) in [4.78, 5) is 19.4. The molecular formula is C11H14N6O2. The Balaban J connectivity index is 0.00000180. The largest absolute Gasteiger partial charge is 0.461 e. The number of esters is 1. The molecule has 0 aliphatic heterocycles. The molecule has 19 heavy (non-hydrogen) atoms. The molecule has 2 rings (SSSR count). The average Bonchev–Trinajstić information content (AvgIpc) is 2.40. The Labute approximate surface area is 109 Å². The molecule has 2 aromatic heterocycles. The van der Waals surface area contributed by atoms with Gasteiger partial charge in [0.2, 0.25) is 5.69 Å². The zero-order chi connectivity index (χ0) is 13.0. The minimum atomic E-state index is -0.628. The van der Waals surface area contributed by atoms with Crippen molar-refractivity contribution in [2.45, 2.75) is 6.92 Å². The molecule has 0 saturated carbocycles. The van der Waals surface area contributed by atoms with E-state index in [1.165, 1.54) is 0 Å². The zero-order valence-corrected chi connectivity index (χ0v) is 10.4. The fourth-order valence-electron chi connectivity index (χ4n) is 1.31. The van der Waals surface area contributed by atoms with E-state index >= 15 is 0 Å². The van der Waals surface area contributed by atoms with E-state index in [0.717, 1.165) is 5.56 Å². The van der Waals surface area contributed by atoms with Crippen molar-refractivity contribution in [1.82, 2.24) is 26.3 Å². The third kappa shape index (κ3) is 3.19. The van der Waals surface area contributed by atoms with E-state index in [1.807, 2.05) is 0 Å². The van der Waals surface area contributed by atoms with Crippen LogP contribution >= 0.6 is 0 Å². The van der Waals surface area contributed by atoms with E-state index in [4.69, 9.17) is 10.5 Å². The molecule has 0 spiro atoms. The molecule has 0 bridgehead atoms. The summed E-state index contributed by atoms with van der Waals surface area (Å²) >= 11 is 0. The Hall–Kier alpha value is -2.61. The monoisotopic (exact) mass is 262 g/mol. The number of nitrogens with two attached hydrogens (primary N) is 1. The maximum absolute atomic E-state index is 11.5. The molecule has 0 aliphatic carbocycles. The van der Waals surface area contributed by atoms with Crippen LogP contribution in [0.25, 0.3) is 11.4 Å². The van der Waals surface area contributed by atoms with E-state index in [2.05, 4.69) is 20.2 Å². The molecule has 5 N–H and O–H groups in total. The fraction of sp³-hybridized carbons (Fsp3) is 0.182. The van der Waals surface area contributed by atoms with Gasteiger partial charge in [-0.05, 0) is 19.1 Å². The second kappa shape index (κ2) is 6.36. The van der Waals surface area contributed by atoms with Crippen molar-refractivity contribution in [1.29, 1.82) is 0 Å². The van der Waals surface area contributed by atoms with Gasteiger partial charge in [-0.1, -0.05) is 0 Å². The Bertz CT molecular complexity index is 560. The fourth-order valence-corrected chi connectivity index (χ4v) is 1.31. The Morgan fingerprint density at radius 2 is 2.00 bits per heavy atom. The van der Waals surface area contributed by atoms with Gasteiger partial charge in [0.25, 0.3) is 0 Å². The molecule has 2 aromatic rings. The number of carbonyl (C=O) groups is 1. The molecule has 0 aliphatic rings. The minimum Gasteiger partial charge on any atom is -0.461 e. The van der Waals surface area contributed by atoms with E-state index in [0.29, 0.717) is 5.82 Å². The van der Waals surface area contributed by atoms with Gasteiger partial charge in [-0.2, -0.15) is 0 Å². The molecule has 0 aromatic carbocycles. The molecule has 8 heteroatoms. The zero-order valence-electron chi connectivity index (χ0n) is 10.4. The quantitative estimate of drug-likeness (QED) is 0.776. The van der Waals surface area contributed by atoms with Crippen LogP contribution in [0.4, 0.5) is 5.82 Å². The van der Waals surface area contributed by atoms with Crippen molar-refractivity contribution in [2.75, 3.05) is 12.3 Å². The standard InChI is InChI=1S/C11H11N5O2.H3N/c1-2-18-11(17)8-9(12)14-10(16-15-8)7-3-5-13-6-4-7;/h3-6H,2H2,1H3,(H2,12,14,16);1H3. The lowest BCUT2D eigenvalue weighted by Crippen LogP contribution is -2.13. The van der Waals surface area contributed by atoms with Crippen molar-refractivity contribution < 1.29 is 9.53 Å². The number of carbonyl (C=O) groups excluding carboxylic acids is 1. The summed E-state index contributed by atoms with van der Waals surface area (Å²) < 4.78 is 4.78. The van der Waals surface area contributed by atoms with Crippen molar-refractivity contribution in [3.05, 3.63) is 30.2 Å². The normalized spacial score (nSPS) is 9.53. The number of nitrogen functional groups attached to an aromatic ring is 1. The summed E-state index contributed by atoms with van der Waals surface area (Å²) in [5, 5.41) is 7.58. The van der Waals surface area contributed by atoms with Crippen molar-refractivity contribution in [2.24, 2.45) is 0 Å². The maximum Gasteiger partial charge on any atom is 0.362 e. The van der Waals surface area contributed by atoms with Crippen molar-refractivity contribution >= 4 is 11.8 Å².